The molecule has 1 heterocycles. The van der Waals surface area contributed by atoms with Gasteiger partial charge in [0.15, 0.2) is 0 Å². The van der Waals surface area contributed by atoms with E-state index in [1.165, 1.54) is 6.07 Å². The third kappa shape index (κ3) is 2.45. The van der Waals surface area contributed by atoms with Gasteiger partial charge in [-0.2, -0.15) is 0 Å². The zero-order chi connectivity index (χ0) is 12.8. The molecule has 0 aliphatic rings. The van der Waals surface area contributed by atoms with Gasteiger partial charge in [-0.05, 0) is 37.1 Å². The molecule has 0 fully saturated rings. The predicted octanol–water partition coefficient (Wildman–Crippen LogP) is 2.99. The quantitative estimate of drug-likeness (QED) is 0.857. The predicted molar refractivity (Wildman–Crippen MR) is 66.2 cm³/mol. The van der Waals surface area contributed by atoms with Crippen LogP contribution in [0.25, 0.3) is 10.9 Å². The summed E-state index contributed by atoms with van der Waals surface area (Å²) < 4.78 is 35.7. The van der Waals surface area contributed by atoms with E-state index in [0.29, 0.717) is 16.5 Å². The topological polar surface area (TPSA) is 49.9 Å². The molecular weight excluding hydrogens is 265 g/mol. The van der Waals surface area contributed by atoms with Gasteiger partial charge in [0.2, 0.25) is 9.05 Å². The van der Waals surface area contributed by atoms with Gasteiger partial charge in [-0.25, -0.2) is 12.8 Å². The van der Waals surface area contributed by atoms with Crippen molar-refractivity contribution in [3.05, 3.63) is 34.8 Å². The average molecular weight is 276 g/mol. The van der Waals surface area contributed by atoms with Gasteiger partial charge in [-0.15, -0.1) is 0 Å². The Kier molecular flexibility index (Phi) is 2.91. The van der Waals surface area contributed by atoms with Crippen molar-refractivity contribution in [3.8, 4) is 0 Å². The number of hydrogen-bond donors (Lipinski definition) is 1. The van der Waals surface area contributed by atoms with E-state index in [1.807, 2.05) is 13.8 Å². The molecule has 0 radical (unpaired) electrons. The monoisotopic (exact) mass is 275 g/mol. The number of aromatic nitrogens is 1. The molecule has 0 spiro atoms. The maximum Gasteiger partial charge on any atom is 0.236 e. The van der Waals surface area contributed by atoms with E-state index >= 15 is 0 Å². The highest BCUT2D eigenvalue weighted by Gasteiger charge is 2.13. The maximum absolute atomic E-state index is 13.7. The van der Waals surface area contributed by atoms with Crippen LogP contribution in [0, 0.1) is 19.7 Å². The molecule has 92 valence electrons. The normalized spacial score (nSPS) is 12.2. The summed E-state index contributed by atoms with van der Waals surface area (Å²) in [6.45, 7) is 3.69. The molecule has 0 unspecified atom stereocenters. The summed E-state index contributed by atoms with van der Waals surface area (Å²) in [5.74, 6) is -0.834. The zero-order valence-electron chi connectivity index (χ0n) is 9.34. The summed E-state index contributed by atoms with van der Waals surface area (Å²) in [7, 11) is 1.48. The first-order chi connectivity index (χ1) is 7.78. The highest BCUT2D eigenvalue weighted by atomic mass is 35.7. The third-order valence-electron chi connectivity index (χ3n) is 2.77. The largest absolute Gasteiger partial charge is 0.356 e. The van der Waals surface area contributed by atoms with Crippen LogP contribution in [0.2, 0.25) is 0 Å². The molecule has 0 saturated heterocycles. The Hall–Kier alpha value is -1.07. The van der Waals surface area contributed by atoms with Crippen molar-refractivity contribution in [3.63, 3.8) is 0 Å². The number of fused-ring (bicyclic) bond motifs is 1. The number of rotatable bonds is 2. The molecule has 1 N–H and O–H groups in total. The summed E-state index contributed by atoms with van der Waals surface area (Å²) in [5, 5.41) is 0.692. The fraction of sp³-hybridized carbons (Fsp3) is 0.273. The zero-order valence-corrected chi connectivity index (χ0v) is 10.9. The minimum Gasteiger partial charge on any atom is -0.356 e. The lowest BCUT2D eigenvalue weighted by atomic mass is 10.1. The Morgan fingerprint density at radius 2 is 2.00 bits per heavy atom. The van der Waals surface area contributed by atoms with Gasteiger partial charge in [0.05, 0.1) is 11.3 Å². The van der Waals surface area contributed by atoms with Crippen molar-refractivity contribution in [2.24, 2.45) is 0 Å². The molecule has 0 aliphatic carbocycles. The maximum atomic E-state index is 13.7. The van der Waals surface area contributed by atoms with Crippen LogP contribution in [-0.2, 0) is 14.8 Å². The van der Waals surface area contributed by atoms with Gasteiger partial charge in [-0.3, -0.25) is 0 Å². The average Bonchev–Trinajstić information content (AvgIpc) is 2.43. The Morgan fingerprint density at radius 1 is 1.35 bits per heavy atom. The van der Waals surface area contributed by atoms with Crippen molar-refractivity contribution in [1.29, 1.82) is 0 Å². The van der Waals surface area contributed by atoms with E-state index in [-0.39, 0.29) is 5.75 Å². The molecular formula is C11H11ClFNO2S. The van der Waals surface area contributed by atoms with Crippen LogP contribution >= 0.6 is 10.7 Å². The summed E-state index contributed by atoms with van der Waals surface area (Å²) in [5.41, 5.74) is 2.53. The van der Waals surface area contributed by atoms with Gasteiger partial charge in [-0.1, -0.05) is 0 Å². The highest BCUT2D eigenvalue weighted by molar-refractivity contribution is 8.13. The lowest BCUT2D eigenvalue weighted by molar-refractivity contribution is 0.608. The van der Waals surface area contributed by atoms with E-state index in [9.17, 15) is 12.8 Å². The number of hydrogen-bond acceptors (Lipinski definition) is 2. The Balaban J connectivity index is 2.66. The SMILES string of the molecule is Cc1[nH]c2c(F)cc(CS(=O)(=O)Cl)cc2c1C. The highest BCUT2D eigenvalue weighted by Crippen LogP contribution is 2.26. The smallest absolute Gasteiger partial charge is 0.236 e. The molecule has 0 aliphatic heterocycles. The molecule has 1 aromatic carbocycles. The Morgan fingerprint density at radius 3 is 2.59 bits per heavy atom. The van der Waals surface area contributed by atoms with Gasteiger partial charge >= 0.3 is 0 Å². The fourth-order valence-corrected chi connectivity index (χ4v) is 2.79. The molecule has 6 heteroatoms. The molecule has 0 saturated carbocycles. The minimum absolute atomic E-state index is 0.354. The molecule has 2 aromatic rings. The summed E-state index contributed by atoms with van der Waals surface area (Å²) in [6, 6.07) is 2.84. The van der Waals surface area contributed by atoms with Crippen LogP contribution in [0.3, 0.4) is 0 Å². The van der Waals surface area contributed by atoms with E-state index in [1.54, 1.807) is 6.07 Å². The van der Waals surface area contributed by atoms with E-state index in [2.05, 4.69) is 4.98 Å². The third-order valence-corrected chi connectivity index (χ3v) is 3.77. The van der Waals surface area contributed by atoms with Crippen LogP contribution in [0.4, 0.5) is 4.39 Å². The number of H-pyrrole nitrogens is 1. The molecule has 17 heavy (non-hydrogen) atoms. The number of benzene rings is 1. The van der Waals surface area contributed by atoms with Crippen molar-refractivity contribution < 1.29 is 12.8 Å². The van der Waals surface area contributed by atoms with E-state index < -0.39 is 14.9 Å². The van der Waals surface area contributed by atoms with Crippen LogP contribution in [-0.4, -0.2) is 13.4 Å². The van der Waals surface area contributed by atoms with Crippen LogP contribution in [0.1, 0.15) is 16.8 Å². The van der Waals surface area contributed by atoms with Crippen LogP contribution in [0.15, 0.2) is 12.1 Å². The molecule has 1 aromatic heterocycles. The molecule has 0 atom stereocenters. The molecule has 0 bridgehead atoms. The second-order valence-electron chi connectivity index (χ2n) is 4.06. The lowest BCUT2D eigenvalue weighted by Crippen LogP contribution is -1.96. The standard InChI is InChI=1S/C11H11ClFNO2S/c1-6-7(2)14-11-9(6)3-8(4-10(11)13)5-17(12,15)16/h3-4,14H,5H2,1-2H3. The van der Waals surface area contributed by atoms with Crippen molar-refractivity contribution in [2.45, 2.75) is 19.6 Å². The van der Waals surface area contributed by atoms with Gasteiger partial charge < -0.3 is 4.98 Å². The first kappa shape index (κ1) is 12.4. The van der Waals surface area contributed by atoms with Crippen LogP contribution < -0.4 is 0 Å². The Labute approximate surface area is 103 Å². The first-order valence-electron chi connectivity index (χ1n) is 4.97. The second-order valence-corrected chi connectivity index (χ2v) is 6.84. The first-order valence-corrected chi connectivity index (χ1v) is 7.45. The van der Waals surface area contributed by atoms with Gasteiger partial charge in [0.1, 0.15) is 5.82 Å². The van der Waals surface area contributed by atoms with Crippen molar-refractivity contribution >= 4 is 30.6 Å². The lowest BCUT2D eigenvalue weighted by Gasteiger charge is -2.01. The van der Waals surface area contributed by atoms with Gasteiger partial charge in [0.25, 0.3) is 0 Å². The summed E-state index contributed by atoms with van der Waals surface area (Å²) >= 11 is 0. The summed E-state index contributed by atoms with van der Waals surface area (Å²) in [4.78, 5) is 2.93. The minimum atomic E-state index is -3.67. The molecule has 0 amide bonds. The molecule has 2 rings (SSSR count). The molecule has 3 nitrogen and oxygen atoms in total. The van der Waals surface area contributed by atoms with Crippen molar-refractivity contribution in [2.75, 3.05) is 0 Å². The Bertz CT molecular complexity index is 691. The number of aromatic amines is 1. The van der Waals surface area contributed by atoms with E-state index in [0.717, 1.165) is 11.3 Å². The number of halogens is 2. The van der Waals surface area contributed by atoms with Gasteiger partial charge in [0, 0.05) is 21.8 Å². The fourth-order valence-electron chi connectivity index (χ4n) is 1.85. The number of aryl methyl sites for hydroxylation is 2. The van der Waals surface area contributed by atoms with Crippen LogP contribution in [0.5, 0.6) is 0 Å². The number of nitrogens with one attached hydrogen (secondary N) is 1. The van der Waals surface area contributed by atoms with Crippen molar-refractivity contribution in [1.82, 2.24) is 4.98 Å². The van der Waals surface area contributed by atoms with E-state index in [4.69, 9.17) is 10.7 Å². The summed E-state index contributed by atoms with van der Waals surface area (Å²) in [6.07, 6.45) is 0. The second kappa shape index (κ2) is 3.99.